The molecule has 2 N–H and O–H groups in total. The second kappa shape index (κ2) is 8.32. The van der Waals surface area contributed by atoms with Crippen LogP contribution in [0.25, 0.3) is 10.9 Å². The Morgan fingerprint density at radius 2 is 1.65 bits per heavy atom. The number of nitrogens with one attached hydrogen (secondary N) is 2. The van der Waals surface area contributed by atoms with Crippen LogP contribution in [0, 0.1) is 11.3 Å². The number of benzene rings is 1. The molecule has 184 valence electrons. The van der Waals surface area contributed by atoms with E-state index < -0.39 is 17.1 Å². The van der Waals surface area contributed by atoms with Crippen LogP contribution in [0.5, 0.6) is 0 Å². The summed E-state index contributed by atoms with van der Waals surface area (Å²) in [5, 5.41) is 3.93. The van der Waals surface area contributed by atoms with Crippen LogP contribution in [0.3, 0.4) is 0 Å². The third-order valence-electron chi connectivity index (χ3n) is 6.86. The van der Waals surface area contributed by atoms with Gasteiger partial charge in [0.15, 0.2) is 0 Å². The van der Waals surface area contributed by atoms with Crippen LogP contribution in [-0.4, -0.2) is 69.5 Å². The van der Waals surface area contributed by atoms with E-state index in [2.05, 4.69) is 17.2 Å². The number of carbonyl (C=O) groups is 3. The van der Waals surface area contributed by atoms with Crippen LogP contribution in [0.15, 0.2) is 30.3 Å². The first-order valence-corrected chi connectivity index (χ1v) is 11.9. The lowest BCUT2D eigenvalue weighted by atomic mass is 9.85. The van der Waals surface area contributed by atoms with Crippen LogP contribution in [-0.2, 0) is 9.53 Å². The Kier molecular flexibility index (Phi) is 5.90. The van der Waals surface area contributed by atoms with Crippen molar-refractivity contribution in [3.8, 4) is 0 Å². The van der Waals surface area contributed by atoms with Crippen molar-refractivity contribution in [1.29, 1.82) is 0 Å². The predicted octanol–water partition coefficient (Wildman–Crippen LogP) is 3.78. The molecular weight excluding hydrogens is 432 g/mol. The number of aromatic nitrogens is 1. The molecule has 4 rings (SSSR count). The van der Waals surface area contributed by atoms with E-state index in [9.17, 15) is 14.4 Å². The molecule has 0 saturated carbocycles. The van der Waals surface area contributed by atoms with Crippen molar-refractivity contribution in [3.05, 3.63) is 36.0 Å². The van der Waals surface area contributed by atoms with Crippen molar-refractivity contribution in [3.63, 3.8) is 0 Å². The van der Waals surface area contributed by atoms with E-state index in [1.54, 1.807) is 11.0 Å². The van der Waals surface area contributed by atoms with Crippen LogP contribution in [0.1, 0.15) is 59.0 Å². The Morgan fingerprint density at radius 1 is 1.03 bits per heavy atom. The van der Waals surface area contributed by atoms with E-state index in [1.165, 1.54) is 0 Å². The van der Waals surface area contributed by atoms with E-state index in [4.69, 9.17) is 4.74 Å². The molecule has 0 spiro atoms. The smallest absolute Gasteiger partial charge is 0.410 e. The zero-order chi connectivity index (χ0) is 25.0. The normalized spacial score (nSPS) is 23.3. The highest BCUT2D eigenvalue weighted by atomic mass is 16.6. The molecule has 2 aliphatic rings. The summed E-state index contributed by atoms with van der Waals surface area (Å²) >= 11 is 0. The Morgan fingerprint density at radius 3 is 2.21 bits per heavy atom. The van der Waals surface area contributed by atoms with Crippen molar-refractivity contribution in [2.75, 3.05) is 13.1 Å². The number of aromatic amines is 1. The van der Waals surface area contributed by atoms with Crippen molar-refractivity contribution in [2.45, 2.75) is 72.2 Å². The fourth-order valence-corrected chi connectivity index (χ4v) is 5.03. The van der Waals surface area contributed by atoms with Gasteiger partial charge in [-0.15, -0.1) is 0 Å². The number of H-pyrrole nitrogens is 1. The maximum Gasteiger partial charge on any atom is 0.410 e. The van der Waals surface area contributed by atoms with Crippen molar-refractivity contribution < 1.29 is 19.1 Å². The van der Waals surface area contributed by atoms with E-state index >= 15 is 0 Å². The van der Waals surface area contributed by atoms with Gasteiger partial charge >= 0.3 is 6.09 Å². The molecule has 8 nitrogen and oxygen atoms in total. The largest absolute Gasteiger partial charge is 0.444 e. The van der Waals surface area contributed by atoms with Crippen LogP contribution < -0.4 is 5.32 Å². The van der Waals surface area contributed by atoms with Crippen LogP contribution in [0.2, 0.25) is 0 Å². The number of amides is 3. The van der Waals surface area contributed by atoms with Gasteiger partial charge in [-0.05, 0) is 38.3 Å². The first-order chi connectivity index (χ1) is 15.8. The molecule has 0 aliphatic carbocycles. The standard InChI is InChI=1S/C26H36N4O4/c1-15-19-14-30(24(33)34-26(5,6)7)20(15)13-29(19)23(32)21(25(2,3)4)28-22(31)18-12-16-10-8-9-11-17(16)27-18/h8-12,15,19-21,27H,13-14H2,1-7H3,(H,28,31)/t15?,19?,20?,21-/m1/s1. The number of carbonyl (C=O) groups excluding carboxylic acids is 3. The summed E-state index contributed by atoms with van der Waals surface area (Å²) in [4.78, 5) is 46.3. The number of fused-ring (bicyclic) bond motifs is 3. The molecule has 4 atom stereocenters. The molecule has 0 radical (unpaired) electrons. The molecule has 2 fully saturated rings. The summed E-state index contributed by atoms with van der Waals surface area (Å²) in [6, 6.07) is 8.59. The average Bonchev–Trinajstić information content (AvgIpc) is 3.39. The van der Waals surface area contributed by atoms with Gasteiger partial charge in [-0.25, -0.2) is 4.79 Å². The summed E-state index contributed by atoms with van der Waals surface area (Å²) < 4.78 is 5.57. The molecule has 1 aromatic carbocycles. The first kappa shape index (κ1) is 24.1. The molecule has 34 heavy (non-hydrogen) atoms. The van der Waals surface area contributed by atoms with Gasteiger partial charge in [-0.1, -0.05) is 45.9 Å². The predicted molar refractivity (Wildman–Crippen MR) is 130 cm³/mol. The zero-order valence-corrected chi connectivity index (χ0v) is 21.1. The minimum Gasteiger partial charge on any atom is -0.444 e. The highest BCUT2D eigenvalue weighted by Gasteiger charge is 2.54. The summed E-state index contributed by atoms with van der Waals surface area (Å²) in [5.41, 5.74) is 0.242. The first-order valence-electron chi connectivity index (χ1n) is 11.9. The number of likely N-dealkylation sites (tertiary alicyclic amines) is 2. The van der Waals surface area contributed by atoms with Gasteiger partial charge in [-0.3, -0.25) is 9.59 Å². The summed E-state index contributed by atoms with van der Waals surface area (Å²) in [5.74, 6) is -0.279. The molecule has 2 aromatic rings. The lowest BCUT2D eigenvalue weighted by Gasteiger charge is -2.39. The minimum atomic E-state index is -0.701. The number of hydrogen-bond acceptors (Lipinski definition) is 4. The fourth-order valence-electron chi connectivity index (χ4n) is 5.03. The van der Waals surface area contributed by atoms with Gasteiger partial charge in [0.25, 0.3) is 5.91 Å². The quantitative estimate of drug-likeness (QED) is 0.717. The number of hydrogen-bond donors (Lipinski definition) is 2. The van der Waals surface area contributed by atoms with Crippen LogP contribution in [0.4, 0.5) is 4.79 Å². The van der Waals surface area contributed by atoms with Gasteiger partial charge < -0.3 is 24.8 Å². The molecule has 3 unspecified atom stereocenters. The molecule has 8 heteroatoms. The number of rotatable bonds is 3. The molecule has 2 saturated heterocycles. The van der Waals surface area contributed by atoms with Crippen molar-refractivity contribution in [1.82, 2.24) is 20.1 Å². The minimum absolute atomic E-state index is 0.0890. The van der Waals surface area contributed by atoms with E-state index in [1.807, 2.05) is 70.7 Å². The fraction of sp³-hybridized carbons (Fsp3) is 0.577. The summed E-state index contributed by atoms with van der Waals surface area (Å²) in [6.45, 7) is 14.4. The molecule has 3 amide bonds. The average molecular weight is 469 g/mol. The second-order valence-electron chi connectivity index (χ2n) is 11.7. The molecule has 2 aliphatic heterocycles. The summed E-state index contributed by atoms with van der Waals surface area (Å²) in [7, 11) is 0. The SMILES string of the molecule is CC1C2CN(C(=O)[C@@H](NC(=O)c3cc4ccccc4[nH]3)C(C)(C)C)C1CN2C(=O)OC(C)(C)C. The monoisotopic (exact) mass is 468 g/mol. The zero-order valence-electron chi connectivity index (χ0n) is 21.1. The highest BCUT2D eigenvalue weighted by Crippen LogP contribution is 2.38. The third-order valence-corrected chi connectivity index (χ3v) is 6.86. The van der Waals surface area contributed by atoms with E-state index in [0.29, 0.717) is 18.8 Å². The Labute approximate surface area is 201 Å². The maximum atomic E-state index is 13.7. The Bertz CT molecular complexity index is 1080. The summed E-state index contributed by atoms with van der Waals surface area (Å²) in [6.07, 6.45) is -0.335. The van der Waals surface area contributed by atoms with Gasteiger partial charge in [0.1, 0.15) is 17.3 Å². The van der Waals surface area contributed by atoms with Gasteiger partial charge in [-0.2, -0.15) is 0 Å². The Balaban J connectivity index is 1.49. The lowest BCUT2D eigenvalue weighted by molar-refractivity contribution is -0.138. The van der Waals surface area contributed by atoms with Crippen molar-refractivity contribution >= 4 is 28.8 Å². The van der Waals surface area contributed by atoms with Crippen molar-refractivity contribution in [2.24, 2.45) is 11.3 Å². The number of para-hydroxylation sites is 1. The number of piperazine rings is 1. The topological polar surface area (TPSA) is 94.7 Å². The second-order valence-corrected chi connectivity index (χ2v) is 11.7. The van der Waals surface area contributed by atoms with E-state index in [-0.39, 0.29) is 35.9 Å². The Hall–Kier alpha value is -3.03. The maximum absolute atomic E-state index is 13.7. The van der Waals surface area contributed by atoms with Gasteiger partial charge in [0.05, 0.1) is 12.1 Å². The molecule has 1 aromatic heterocycles. The van der Waals surface area contributed by atoms with Gasteiger partial charge in [0.2, 0.25) is 5.91 Å². The third kappa shape index (κ3) is 4.50. The molecular formula is C26H36N4O4. The van der Waals surface area contributed by atoms with E-state index in [0.717, 1.165) is 10.9 Å². The van der Waals surface area contributed by atoms with Crippen LogP contribution >= 0.6 is 0 Å². The number of nitrogens with zero attached hydrogens (tertiary/aromatic N) is 2. The number of ether oxygens (including phenoxy) is 1. The molecule has 2 bridgehead atoms. The lowest BCUT2D eigenvalue weighted by Crippen LogP contribution is -2.59. The van der Waals surface area contributed by atoms with Gasteiger partial charge in [0, 0.05) is 29.9 Å². The molecule has 3 heterocycles. The highest BCUT2D eigenvalue weighted by molar-refractivity contribution is 6.00.